The highest BCUT2D eigenvalue weighted by Gasteiger charge is 2.34. The molecule has 0 saturated carbocycles. The third-order valence-corrected chi connectivity index (χ3v) is 3.27. The maximum Gasteiger partial charge on any atom is 0.419 e. The number of nitrogen functional groups attached to an aromatic ring is 1. The quantitative estimate of drug-likeness (QED) is 0.827. The van der Waals surface area contributed by atoms with Gasteiger partial charge >= 0.3 is 6.18 Å². The topological polar surface area (TPSA) is 77.0 Å². The minimum atomic E-state index is -4.59. The Balaban J connectivity index is 2.48. The number of hydrogen-bond donors (Lipinski definition) is 2. The molecule has 0 radical (unpaired) electrons. The first-order valence-electron chi connectivity index (χ1n) is 6.93. The lowest BCUT2D eigenvalue weighted by atomic mass is 10.1. The molecule has 0 spiro atoms. The normalized spacial score (nSPS) is 13.1. The summed E-state index contributed by atoms with van der Waals surface area (Å²) in [6.45, 7) is 5.68. The molecule has 0 bridgehead atoms. The lowest BCUT2D eigenvalue weighted by molar-refractivity contribution is -0.137. The van der Waals surface area contributed by atoms with Gasteiger partial charge in [-0.25, -0.2) is 9.97 Å². The van der Waals surface area contributed by atoms with Crippen LogP contribution in [0, 0.1) is 0 Å². The molecule has 1 atom stereocenters. The summed E-state index contributed by atoms with van der Waals surface area (Å²) in [5, 5.41) is 9.77. The van der Waals surface area contributed by atoms with Gasteiger partial charge in [-0.3, -0.25) is 0 Å². The second kappa shape index (κ2) is 6.41. The van der Waals surface area contributed by atoms with E-state index >= 15 is 0 Å². The molecule has 2 rings (SSSR count). The lowest BCUT2D eigenvalue weighted by Gasteiger charge is -2.09. The van der Waals surface area contributed by atoms with Gasteiger partial charge in [-0.05, 0) is 19.4 Å². The second-order valence-corrected chi connectivity index (χ2v) is 5.09. The van der Waals surface area contributed by atoms with Gasteiger partial charge in [0, 0.05) is 24.5 Å². The maximum absolute atomic E-state index is 12.9. The van der Waals surface area contributed by atoms with Gasteiger partial charge in [-0.15, -0.1) is 6.58 Å². The molecule has 2 aromatic rings. The summed E-state index contributed by atoms with van der Waals surface area (Å²) in [5.41, 5.74) is 4.77. The molecule has 0 aliphatic heterocycles. The molecule has 0 amide bonds. The van der Waals surface area contributed by atoms with E-state index < -0.39 is 23.7 Å². The summed E-state index contributed by atoms with van der Waals surface area (Å²) in [5.74, 6) is -0.213. The number of pyridine rings is 1. The molecule has 8 heteroatoms. The van der Waals surface area contributed by atoms with Gasteiger partial charge in [0.15, 0.2) is 0 Å². The van der Waals surface area contributed by atoms with Crippen LogP contribution < -0.4 is 5.73 Å². The third kappa shape index (κ3) is 3.70. The smallest absolute Gasteiger partial charge is 0.385 e. The fourth-order valence-corrected chi connectivity index (χ4v) is 2.15. The number of nitrogens with zero attached hydrogens (tertiary/aromatic N) is 3. The van der Waals surface area contributed by atoms with Crippen molar-refractivity contribution in [3.05, 3.63) is 42.5 Å². The van der Waals surface area contributed by atoms with Crippen molar-refractivity contribution in [3.63, 3.8) is 0 Å². The van der Waals surface area contributed by atoms with Crippen LogP contribution in [0.4, 0.5) is 19.0 Å². The summed E-state index contributed by atoms with van der Waals surface area (Å²) >= 11 is 0. The number of imidazole rings is 1. The number of halogens is 3. The first-order chi connectivity index (χ1) is 10.7. The molecule has 23 heavy (non-hydrogen) atoms. The minimum Gasteiger partial charge on any atom is -0.385 e. The Morgan fingerprint density at radius 3 is 2.74 bits per heavy atom. The molecule has 124 valence electrons. The molecule has 5 nitrogen and oxygen atoms in total. The largest absolute Gasteiger partial charge is 0.419 e. The van der Waals surface area contributed by atoms with Gasteiger partial charge in [0.2, 0.25) is 0 Å². The number of aromatic nitrogens is 3. The average molecular weight is 326 g/mol. The number of nitrogens with two attached hydrogens (primary N) is 1. The standard InChI is InChI=1S/C15H17F3N4O/c1-3-4-5-22-8-12(21-14(22)9(2)23)10-6-11(15(16,17)18)13(19)20-7-10/h3,6-9,23H,1,4-5H2,2H3,(H2,19,20)/t9-/m0/s1. The van der Waals surface area contributed by atoms with Gasteiger partial charge in [0.25, 0.3) is 0 Å². The predicted molar refractivity (Wildman–Crippen MR) is 80.3 cm³/mol. The number of aliphatic hydroxyl groups is 1. The molecule has 3 N–H and O–H groups in total. The molecule has 0 saturated heterocycles. The highest BCUT2D eigenvalue weighted by Crippen LogP contribution is 2.35. The average Bonchev–Trinajstić information content (AvgIpc) is 2.88. The van der Waals surface area contributed by atoms with E-state index in [1.165, 1.54) is 6.20 Å². The highest BCUT2D eigenvalue weighted by atomic mass is 19.4. The van der Waals surface area contributed by atoms with Gasteiger partial charge < -0.3 is 15.4 Å². The van der Waals surface area contributed by atoms with Crippen molar-refractivity contribution in [3.8, 4) is 11.3 Å². The zero-order chi connectivity index (χ0) is 17.2. The number of hydrogen-bond acceptors (Lipinski definition) is 4. The molecule has 0 aliphatic carbocycles. The number of aryl methyl sites for hydroxylation is 1. The maximum atomic E-state index is 12.9. The van der Waals surface area contributed by atoms with Crippen molar-refractivity contribution >= 4 is 5.82 Å². The van der Waals surface area contributed by atoms with Crippen LogP contribution in [-0.4, -0.2) is 19.6 Å². The lowest BCUT2D eigenvalue weighted by Crippen LogP contribution is -2.10. The predicted octanol–water partition coefficient (Wildman–Crippen LogP) is 3.18. The Kier molecular flexibility index (Phi) is 4.74. The first kappa shape index (κ1) is 17.0. The van der Waals surface area contributed by atoms with Gasteiger partial charge in [0.1, 0.15) is 17.7 Å². The minimum absolute atomic E-state index is 0.186. The Hall–Kier alpha value is -2.35. The number of aliphatic hydroxyl groups excluding tert-OH is 1. The van der Waals surface area contributed by atoms with E-state index in [2.05, 4.69) is 16.5 Å². The fourth-order valence-electron chi connectivity index (χ4n) is 2.15. The van der Waals surface area contributed by atoms with E-state index in [4.69, 9.17) is 5.73 Å². The van der Waals surface area contributed by atoms with Gasteiger partial charge in [0.05, 0.1) is 11.3 Å². The Bertz CT molecular complexity index is 707. The van der Waals surface area contributed by atoms with Crippen LogP contribution in [0.15, 0.2) is 31.1 Å². The summed E-state index contributed by atoms with van der Waals surface area (Å²) < 4.78 is 40.5. The highest BCUT2D eigenvalue weighted by molar-refractivity contribution is 5.62. The van der Waals surface area contributed by atoms with E-state index in [0.29, 0.717) is 24.5 Å². The van der Waals surface area contributed by atoms with E-state index in [9.17, 15) is 18.3 Å². The summed E-state index contributed by atoms with van der Waals surface area (Å²) in [4.78, 5) is 7.81. The molecule has 2 heterocycles. The van der Waals surface area contributed by atoms with E-state index in [-0.39, 0.29) is 5.56 Å². The van der Waals surface area contributed by atoms with Crippen molar-refractivity contribution in [2.45, 2.75) is 32.2 Å². The first-order valence-corrected chi connectivity index (χ1v) is 6.93. The van der Waals surface area contributed by atoms with E-state index in [1.54, 1.807) is 23.8 Å². The van der Waals surface area contributed by atoms with Crippen molar-refractivity contribution < 1.29 is 18.3 Å². The fraction of sp³-hybridized carbons (Fsp3) is 0.333. The molecule has 2 aromatic heterocycles. The number of allylic oxidation sites excluding steroid dienone is 1. The van der Waals surface area contributed by atoms with Crippen LogP contribution in [-0.2, 0) is 12.7 Å². The van der Waals surface area contributed by atoms with Crippen LogP contribution in [0.2, 0.25) is 0 Å². The summed E-state index contributed by atoms with van der Waals surface area (Å²) in [6.07, 6.45) is -0.278. The third-order valence-electron chi connectivity index (χ3n) is 3.27. The zero-order valence-electron chi connectivity index (χ0n) is 12.5. The van der Waals surface area contributed by atoms with Crippen LogP contribution in [0.5, 0.6) is 0 Å². The van der Waals surface area contributed by atoms with Crippen molar-refractivity contribution in [1.29, 1.82) is 0 Å². The molecule has 0 unspecified atom stereocenters. The van der Waals surface area contributed by atoms with Crippen LogP contribution in [0.1, 0.15) is 30.8 Å². The van der Waals surface area contributed by atoms with Crippen LogP contribution >= 0.6 is 0 Å². The van der Waals surface area contributed by atoms with Gasteiger partial charge in [-0.1, -0.05) is 6.08 Å². The monoisotopic (exact) mass is 326 g/mol. The van der Waals surface area contributed by atoms with Crippen LogP contribution in [0.25, 0.3) is 11.3 Å². The van der Waals surface area contributed by atoms with Crippen molar-refractivity contribution in [2.24, 2.45) is 0 Å². The summed E-state index contributed by atoms with van der Waals surface area (Å²) in [6, 6.07) is 0.911. The molecule has 0 aliphatic rings. The number of rotatable bonds is 5. The zero-order valence-corrected chi connectivity index (χ0v) is 12.5. The van der Waals surface area contributed by atoms with Crippen LogP contribution in [0.3, 0.4) is 0 Å². The van der Waals surface area contributed by atoms with Gasteiger partial charge in [-0.2, -0.15) is 13.2 Å². The Morgan fingerprint density at radius 1 is 1.48 bits per heavy atom. The molecule has 0 aromatic carbocycles. The van der Waals surface area contributed by atoms with E-state index in [0.717, 1.165) is 6.07 Å². The molecular formula is C15H17F3N4O. The van der Waals surface area contributed by atoms with Crippen molar-refractivity contribution in [1.82, 2.24) is 14.5 Å². The Morgan fingerprint density at radius 2 is 2.17 bits per heavy atom. The molecular weight excluding hydrogens is 309 g/mol. The Labute approximate surface area is 131 Å². The second-order valence-electron chi connectivity index (χ2n) is 5.09. The number of alkyl halides is 3. The number of anilines is 1. The SMILES string of the molecule is C=CCCn1cc(-c2cnc(N)c(C(F)(F)F)c2)nc1[C@H](C)O. The van der Waals surface area contributed by atoms with Crippen molar-refractivity contribution in [2.75, 3.05) is 5.73 Å². The summed E-state index contributed by atoms with van der Waals surface area (Å²) in [7, 11) is 0. The van der Waals surface area contributed by atoms with E-state index in [1.807, 2.05) is 0 Å². The molecule has 0 fully saturated rings.